The Balaban J connectivity index is 0.000000322. The predicted octanol–water partition coefficient (Wildman–Crippen LogP) is 1.90. The van der Waals surface area contributed by atoms with Crippen molar-refractivity contribution in [1.29, 1.82) is 0 Å². The lowest BCUT2D eigenvalue weighted by atomic mass is 10.1. The minimum atomic E-state index is -5.08. The molecular weight excluding hydrogens is 315 g/mol. The van der Waals surface area contributed by atoms with Crippen molar-refractivity contribution in [1.82, 2.24) is 4.90 Å². The molecule has 2 atom stereocenters. The third kappa shape index (κ3) is 7.45. The van der Waals surface area contributed by atoms with Gasteiger partial charge in [-0.05, 0) is 12.5 Å². The topological polar surface area (TPSA) is 70.0 Å². The lowest BCUT2D eigenvalue weighted by Gasteiger charge is -2.36. The molecule has 1 aliphatic rings. The third-order valence-electron chi connectivity index (χ3n) is 3.10. The van der Waals surface area contributed by atoms with Gasteiger partial charge in [-0.3, -0.25) is 4.90 Å². The maximum atomic E-state index is 10.6. The van der Waals surface area contributed by atoms with Gasteiger partial charge in [0, 0.05) is 19.6 Å². The number of aliphatic hydroxyl groups is 1. The number of rotatable bonds is 3. The highest BCUT2D eigenvalue weighted by atomic mass is 19.4. The summed E-state index contributed by atoms with van der Waals surface area (Å²) in [5, 5.41) is 16.3. The van der Waals surface area contributed by atoms with E-state index in [0.29, 0.717) is 0 Å². The van der Waals surface area contributed by atoms with Gasteiger partial charge in [-0.15, -0.1) is 0 Å². The Morgan fingerprint density at radius 2 is 1.87 bits per heavy atom. The number of aliphatic hydroxyl groups excluding tert-OH is 1. The van der Waals surface area contributed by atoms with Crippen molar-refractivity contribution < 1.29 is 32.9 Å². The Morgan fingerprint density at radius 1 is 1.30 bits per heavy atom. The zero-order valence-corrected chi connectivity index (χ0v) is 12.7. The normalized spacial score (nSPS) is 22.1. The number of hydrogen-bond acceptors (Lipinski definition) is 4. The molecule has 1 aliphatic heterocycles. The van der Waals surface area contributed by atoms with E-state index < -0.39 is 12.1 Å². The van der Waals surface area contributed by atoms with Crippen LogP contribution in [-0.4, -0.2) is 59.2 Å². The Bertz CT molecular complexity index is 481. The molecule has 2 rings (SSSR count). The first-order chi connectivity index (χ1) is 10.7. The molecule has 130 valence electrons. The molecule has 0 aromatic heterocycles. The highest BCUT2D eigenvalue weighted by molar-refractivity contribution is 5.73. The van der Waals surface area contributed by atoms with E-state index in [-0.39, 0.29) is 18.8 Å². The van der Waals surface area contributed by atoms with Crippen LogP contribution in [0.25, 0.3) is 0 Å². The molecule has 0 saturated carbocycles. The zero-order chi connectivity index (χ0) is 17.5. The van der Waals surface area contributed by atoms with Gasteiger partial charge >= 0.3 is 12.1 Å². The van der Waals surface area contributed by atoms with Crippen molar-refractivity contribution in [2.24, 2.45) is 0 Å². The van der Waals surface area contributed by atoms with Crippen LogP contribution in [0, 0.1) is 0 Å². The summed E-state index contributed by atoms with van der Waals surface area (Å²) in [6, 6.07) is 10.4. The predicted molar refractivity (Wildman–Crippen MR) is 76.8 cm³/mol. The molecule has 23 heavy (non-hydrogen) atoms. The number of morpholine rings is 1. The monoisotopic (exact) mass is 335 g/mol. The standard InChI is InChI=1S/C13H19NO2.C2HF3O2/c1-11-7-14(9-13(10-15)16-11)8-12-5-3-2-4-6-12;3-2(4,5)1(6)7/h2-6,11,13,15H,7-10H2,1H3;(H,6,7). The smallest absolute Gasteiger partial charge is 0.475 e. The molecule has 0 bridgehead atoms. The Kier molecular flexibility index (Phi) is 7.47. The van der Waals surface area contributed by atoms with Gasteiger partial charge in [-0.2, -0.15) is 13.2 Å². The SMILES string of the molecule is CC1CN(Cc2ccccc2)CC(CO)O1.O=C(O)C(F)(F)F. The molecule has 0 radical (unpaired) electrons. The number of halogens is 3. The Morgan fingerprint density at radius 3 is 2.35 bits per heavy atom. The fraction of sp³-hybridized carbons (Fsp3) is 0.533. The Hall–Kier alpha value is -1.64. The molecule has 1 heterocycles. The summed E-state index contributed by atoms with van der Waals surface area (Å²) >= 11 is 0. The molecule has 2 N–H and O–H groups in total. The number of carboxylic acids is 1. The van der Waals surface area contributed by atoms with Gasteiger partial charge in [-0.25, -0.2) is 4.79 Å². The van der Waals surface area contributed by atoms with E-state index in [1.807, 2.05) is 6.07 Å². The van der Waals surface area contributed by atoms with E-state index in [2.05, 4.69) is 36.1 Å². The van der Waals surface area contributed by atoms with Crippen LogP contribution < -0.4 is 0 Å². The van der Waals surface area contributed by atoms with E-state index >= 15 is 0 Å². The number of hydrogen-bond donors (Lipinski definition) is 2. The summed E-state index contributed by atoms with van der Waals surface area (Å²) in [6.07, 6.45) is -4.91. The minimum absolute atomic E-state index is 0.0348. The first-order valence-corrected chi connectivity index (χ1v) is 7.05. The quantitative estimate of drug-likeness (QED) is 0.883. The van der Waals surface area contributed by atoms with Crippen LogP contribution in [0.5, 0.6) is 0 Å². The lowest BCUT2D eigenvalue weighted by Crippen LogP contribution is -2.47. The summed E-state index contributed by atoms with van der Waals surface area (Å²) in [4.78, 5) is 11.2. The molecule has 5 nitrogen and oxygen atoms in total. The summed E-state index contributed by atoms with van der Waals surface area (Å²) < 4.78 is 37.3. The summed E-state index contributed by atoms with van der Waals surface area (Å²) in [5.74, 6) is -2.76. The van der Waals surface area contributed by atoms with Crippen molar-refractivity contribution >= 4 is 5.97 Å². The number of carboxylic acid groups (broad SMARTS) is 1. The maximum Gasteiger partial charge on any atom is 0.490 e. The van der Waals surface area contributed by atoms with Crippen LogP contribution in [0.1, 0.15) is 12.5 Å². The van der Waals surface area contributed by atoms with E-state index in [1.165, 1.54) is 5.56 Å². The van der Waals surface area contributed by atoms with Crippen molar-refractivity contribution in [3.05, 3.63) is 35.9 Å². The van der Waals surface area contributed by atoms with E-state index in [9.17, 15) is 13.2 Å². The van der Waals surface area contributed by atoms with E-state index in [1.54, 1.807) is 0 Å². The van der Waals surface area contributed by atoms with Gasteiger partial charge in [0.1, 0.15) is 0 Å². The number of aliphatic carboxylic acids is 1. The van der Waals surface area contributed by atoms with Crippen LogP contribution >= 0.6 is 0 Å². The molecule has 1 saturated heterocycles. The second kappa shape index (κ2) is 8.85. The van der Waals surface area contributed by atoms with Crippen LogP contribution in [0.15, 0.2) is 30.3 Å². The molecule has 0 aliphatic carbocycles. The lowest BCUT2D eigenvalue weighted by molar-refractivity contribution is -0.192. The summed E-state index contributed by atoms with van der Waals surface area (Å²) in [6.45, 7) is 4.85. The number of carbonyl (C=O) groups is 1. The highest BCUT2D eigenvalue weighted by Crippen LogP contribution is 2.14. The molecule has 2 unspecified atom stereocenters. The van der Waals surface area contributed by atoms with E-state index in [0.717, 1.165) is 19.6 Å². The minimum Gasteiger partial charge on any atom is -0.475 e. The average molecular weight is 335 g/mol. The number of benzene rings is 1. The number of nitrogens with zero attached hydrogens (tertiary/aromatic N) is 1. The summed E-state index contributed by atoms with van der Waals surface area (Å²) in [7, 11) is 0. The second-order valence-electron chi connectivity index (χ2n) is 5.23. The average Bonchev–Trinajstić information content (AvgIpc) is 2.47. The largest absolute Gasteiger partial charge is 0.490 e. The Labute approximate surface area is 132 Å². The van der Waals surface area contributed by atoms with Crippen LogP contribution in [0.4, 0.5) is 13.2 Å². The maximum absolute atomic E-state index is 10.6. The van der Waals surface area contributed by atoms with Crippen LogP contribution in [0.3, 0.4) is 0 Å². The van der Waals surface area contributed by atoms with Gasteiger partial charge in [0.05, 0.1) is 18.8 Å². The fourth-order valence-corrected chi connectivity index (χ4v) is 2.21. The molecule has 0 spiro atoms. The van der Waals surface area contributed by atoms with Crippen molar-refractivity contribution in [3.63, 3.8) is 0 Å². The first-order valence-electron chi connectivity index (χ1n) is 7.05. The van der Waals surface area contributed by atoms with Crippen molar-refractivity contribution in [3.8, 4) is 0 Å². The molecule has 1 fully saturated rings. The number of ether oxygens (including phenoxy) is 1. The van der Waals surface area contributed by atoms with Gasteiger partial charge in [0.2, 0.25) is 0 Å². The highest BCUT2D eigenvalue weighted by Gasteiger charge is 2.38. The van der Waals surface area contributed by atoms with Gasteiger partial charge in [0.15, 0.2) is 0 Å². The van der Waals surface area contributed by atoms with E-state index in [4.69, 9.17) is 19.7 Å². The molecule has 8 heteroatoms. The van der Waals surface area contributed by atoms with Crippen LogP contribution in [-0.2, 0) is 16.1 Å². The van der Waals surface area contributed by atoms with Gasteiger partial charge in [0.25, 0.3) is 0 Å². The van der Waals surface area contributed by atoms with Gasteiger partial charge < -0.3 is 14.9 Å². The van der Waals surface area contributed by atoms with Crippen molar-refractivity contribution in [2.45, 2.75) is 31.9 Å². The molecule has 1 aromatic carbocycles. The van der Waals surface area contributed by atoms with Crippen molar-refractivity contribution in [2.75, 3.05) is 19.7 Å². The second-order valence-corrected chi connectivity index (χ2v) is 5.23. The molecule has 0 amide bonds. The third-order valence-corrected chi connectivity index (χ3v) is 3.10. The van der Waals surface area contributed by atoms with Gasteiger partial charge in [-0.1, -0.05) is 30.3 Å². The molecule has 1 aromatic rings. The summed E-state index contributed by atoms with van der Waals surface area (Å²) in [5.41, 5.74) is 1.31. The number of alkyl halides is 3. The zero-order valence-electron chi connectivity index (χ0n) is 12.7. The molecular formula is C15H20F3NO4. The fourth-order valence-electron chi connectivity index (χ4n) is 2.21. The first kappa shape index (κ1) is 19.4. The van der Waals surface area contributed by atoms with Crippen LogP contribution in [0.2, 0.25) is 0 Å².